The molecular weight excluding hydrogens is 296 g/mol. The van der Waals surface area contributed by atoms with Crippen molar-refractivity contribution in [3.63, 3.8) is 0 Å². The number of hydrogen-bond donors (Lipinski definition) is 0. The van der Waals surface area contributed by atoms with E-state index in [2.05, 4.69) is 63.2 Å². The minimum Gasteiger partial charge on any atom is -0.476 e. The lowest BCUT2D eigenvalue weighted by atomic mass is 10.1. The average Bonchev–Trinajstić information content (AvgIpc) is 2.59. The fraction of sp³-hybridized carbons (Fsp3) is 0.571. The second-order valence-corrected chi connectivity index (χ2v) is 6.81. The van der Waals surface area contributed by atoms with Crippen molar-refractivity contribution in [3.8, 4) is 5.88 Å². The van der Waals surface area contributed by atoms with Gasteiger partial charge in [0.15, 0.2) is 0 Å². The normalized spacial score (nSPS) is 12.7. The second kappa shape index (κ2) is 9.63. The maximum atomic E-state index is 6.21. The van der Waals surface area contributed by atoms with E-state index in [1.165, 1.54) is 31.1 Å². The summed E-state index contributed by atoms with van der Waals surface area (Å²) in [4.78, 5) is 7.07. The molecule has 3 nitrogen and oxygen atoms in total. The molecule has 24 heavy (non-hydrogen) atoms. The number of ether oxygens (including phenoxy) is 1. The SMILES string of the molecule is CCCCc1cc2ccccc2c(OCC(CCCC)N(C)C)n1. The molecular formula is C21H32N2O. The van der Waals surface area contributed by atoms with E-state index in [9.17, 15) is 0 Å². The summed E-state index contributed by atoms with van der Waals surface area (Å²) >= 11 is 0. The zero-order valence-corrected chi connectivity index (χ0v) is 15.7. The first kappa shape index (κ1) is 18.7. The second-order valence-electron chi connectivity index (χ2n) is 6.81. The highest BCUT2D eigenvalue weighted by Gasteiger charge is 2.14. The third-order valence-electron chi connectivity index (χ3n) is 4.58. The highest BCUT2D eigenvalue weighted by Crippen LogP contribution is 2.25. The summed E-state index contributed by atoms with van der Waals surface area (Å²) in [5.41, 5.74) is 1.14. The molecule has 0 aliphatic carbocycles. The Morgan fingerprint density at radius 1 is 1.08 bits per heavy atom. The third kappa shape index (κ3) is 5.20. The van der Waals surface area contributed by atoms with E-state index in [1.807, 2.05) is 0 Å². The summed E-state index contributed by atoms with van der Waals surface area (Å²) in [6, 6.07) is 11.0. The highest BCUT2D eigenvalue weighted by atomic mass is 16.5. The summed E-state index contributed by atoms with van der Waals surface area (Å²) in [7, 11) is 4.26. The van der Waals surface area contributed by atoms with Crippen molar-refractivity contribution in [1.29, 1.82) is 0 Å². The molecule has 2 aromatic rings. The van der Waals surface area contributed by atoms with Crippen LogP contribution in [0.15, 0.2) is 30.3 Å². The predicted octanol–water partition coefficient (Wildman–Crippen LogP) is 5.08. The van der Waals surface area contributed by atoms with E-state index in [1.54, 1.807) is 0 Å². The van der Waals surface area contributed by atoms with Gasteiger partial charge in [0.25, 0.3) is 0 Å². The first-order valence-electron chi connectivity index (χ1n) is 9.33. The van der Waals surface area contributed by atoms with Crippen LogP contribution in [0.1, 0.15) is 51.6 Å². The van der Waals surface area contributed by atoms with E-state index in [4.69, 9.17) is 9.72 Å². The van der Waals surface area contributed by atoms with Gasteiger partial charge in [-0.1, -0.05) is 51.3 Å². The molecule has 0 N–H and O–H groups in total. The molecule has 3 heteroatoms. The lowest BCUT2D eigenvalue weighted by molar-refractivity contribution is 0.172. The summed E-state index contributed by atoms with van der Waals surface area (Å²) < 4.78 is 6.21. The van der Waals surface area contributed by atoms with Gasteiger partial charge in [-0.25, -0.2) is 4.98 Å². The Labute approximate surface area is 147 Å². The average molecular weight is 328 g/mol. The maximum absolute atomic E-state index is 6.21. The topological polar surface area (TPSA) is 25.4 Å². The van der Waals surface area contributed by atoms with E-state index in [0.29, 0.717) is 12.6 Å². The van der Waals surface area contributed by atoms with Crippen molar-refractivity contribution in [3.05, 3.63) is 36.0 Å². The zero-order chi connectivity index (χ0) is 17.4. The van der Waals surface area contributed by atoms with Gasteiger partial charge in [-0.15, -0.1) is 0 Å². The highest BCUT2D eigenvalue weighted by molar-refractivity contribution is 5.87. The van der Waals surface area contributed by atoms with Gasteiger partial charge in [-0.3, -0.25) is 0 Å². The third-order valence-corrected chi connectivity index (χ3v) is 4.58. The number of fused-ring (bicyclic) bond motifs is 1. The van der Waals surface area contributed by atoms with Crippen molar-refractivity contribution in [1.82, 2.24) is 9.88 Å². The van der Waals surface area contributed by atoms with Crippen LogP contribution in [0, 0.1) is 0 Å². The molecule has 0 saturated heterocycles. The zero-order valence-electron chi connectivity index (χ0n) is 15.7. The monoisotopic (exact) mass is 328 g/mol. The van der Waals surface area contributed by atoms with Crippen molar-refractivity contribution >= 4 is 10.8 Å². The number of aromatic nitrogens is 1. The van der Waals surface area contributed by atoms with Crippen LogP contribution in [-0.4, -0.2) is 36.6 Å². The van der Waals surface area contributed by atoms with Gasteiger partial charge in [0, 0.05) is 17.1 Å². The van der Waals surface area contributed by atoms with E-state index >= 15 is 0 Å². The van der Waals surface area contributed by atoms with Crippen LogP contribution in [0.4, 0.5) is 0 Å². The lowest BCUT2D eigenvalue weighted by Gasteiger charge is -2.24. The van der Waals surface area contributed by atoms with Crippen LogP contribution >= 0.6 is 0 Å². The van der Waals surface area contributed by atoms with Gasteiger partial charge >= 0.3 is 0 Å². The van der Waals surface area contributed by atoms with Gasteiger partial charge in [-0.05, 0) is 50.9 Å². The van der Waals surface area contributed by atoms with Gasteiger partial charge < -0.3 is 9.64 Å². The Morgan fingerprint density at radius 2 is 1.83 bits per heavy atom. The van der Waals surface area contributed by atoms with E-state index in [-0.39, 0.29) is 0 Å². The standard InChI is InChI=1S/C21H32N2O/c1-5-7-12-18-15-17-11-9-10-14-20(17)21(22-18)24-16-19(23(3)4)13-8-6-2/h9-11,14-15,19H,5-8,12-13,16H2,1-4H3. The Balaban J connectivity index is 2.19. The minimum absolute atomic E-state index is 0.435. The van der Waals surface area contributed by atoms with Gasteiger partial charge in [0.2, 0.25) is 5.88 Å². The number of hydrogen-bond acceptors (Lipinski definition) is 3. The molecule has 132 valence electrons. The molecule has 2 rings (SSSR count). The van der Waals surface area contributed by atoms with Crippen LogP contribution in [0.2, 0.25) is 0 Å². The number of aryl methyl sites for hydroxylation is 1. The van der Waals surface area contributed by atoms with Crippen molar-refractivity contribution in [2.45, 2.75) is 58.4 Å². The molecule has 1 aromatic carbocycles. The lowest BCUT2D eigenvalue weighted by Crippen LogP contribution is -2.33. The van der Waals surface area contributed by atoms with E-state index in [0.717, 1.165) is 29.8 Å². The van der Waals surface area contributed by atoms with Gasteiger partial charge in [-0.2, -0.15) is 0 Å². The van der Waals surface area contributed by atoms with Crippen LogP contribution < -0.4 is 4.74 Å². The summed E-state index contributed by atoms with van der Waals surface area (Å²) in [5, 5.41) is 2.34. The Kier molecular flexibility index (Phi) is 7.51. The van der Waals surface area contributed by atoms with Gasteiger partial charge in [0.1, 0.15) is 6.61 Å². The Hall–Kier alpha value is -1.61. The van der Waals surface area contributed by atoms with Crippen LogP contribution in [-0.2, 0) is 6.42 Å². The maximum Gasteiger partial charge on any atom is 0.221 e. The molecule has 0 aliphatic heterocycles. The number of pyridine rings is 1. The van der Waals surface area contributed by atoms with Crippen LogP contribution in [0.3, 0.4) is 0 Å². The molecule has 0 fully saturated rings. The first-order valence-corrected chi connectivity index (χ1v) is 9.33. The Morgan fingerprint density at radius 3 is 2.54 bits per heavy atom. The molecule has 0 amide bonds. The number of benzene rings is 1. The number of likely N-dealkylation sites (N-methyl/N-ethyl adjacent to an activating group) is 1. The summed E-state index contributed by atoms with van der Waals surface area (Å²) in [5.74, 6) is 0.794. The quantitative estimate of drug-likeness (QED) is 0.608. The molecule has 0 radical (unpaired) electrons. The van der Waals surface area contributed by atoms with Crippen LogP contribution in [0.25, 0.3) is 10.8 Å². The predicted molar refractivity (Wildman–Crippen MR) is 103 cm³/mol. The largest absolute Gasteiger partial charge is 0.476 e. The molecule has 0 saturated carbocycles. The Bertz CT molecular complexity index is 624. The molecule has 1 atom stereocenters. The van der Waals surface area contributed by atoms with Crippen molar-refractivity contribution in [2.75, 3.05) is 20.7 Å². The van der Waals surface area contributed by atoms with Crippen LogP contribution in [0.5, 0.6) is 5.88 Å². The first-order chi connectivity index (χ1) is 11.7. The molecule has 1 unspecified atom stereocenters. The number of nitrogens with zero attached hydrogens (tertiary/aromatic N) is 2. The smallest absolute Gasteiger partial charge is 0.221 e. The molecule has 1 heterocycles. The summed E-state index contributed by atoms with van der Waals surface area (Å²) in [6.45, 7) is 5.15. The molecule has 1 aromatic heterocycles. The van der Waals surface area contributed by atoms with E-state index < -0.39 is 0 Å². The fourth-order valence-electron chi connectivity index (χ4n) is 2.92. The molecule has 0 bridgehead atoms. The molecule has 0 spiro atoms. The van der Waals surface area contributed by atoms with Crippen molar-refractivity contribution < 1.29 is 4.74 Å². The fourth-order valence-corrected chi connectivity index (χ4v) is 2.92. The summed E-state index contributed by atoms with van der Waals surface area (Å²) in [6.07, 6.45) is 6.99. The minimum atomic E-state index is 0.435. The van der Waals surface area contributed by atoms with Crippen molar-refractivity contribution in [2.24, 2.45) is 0 Å². The van der Waals surface area contributed by atoms with Gasteiger partial charge in [0.05, 0.1) is 0 Å². The number of unbranched alkanes of at least 4 members (excludes halogenated alkanes) is 2. The number of rotatable bonds is 10. The molecule has 0 aliphatic rings.